The molecule has 1 fully saturated rings. The molecule has 2 aromatic carbocycles. The van der Waals surface area contributed by atoms with Crippen LogP contribution in [0, 0.1) is 5.82 Å². The lowest BCUT2D eigenvalue weighted by Gasteiger charge is -2.29. The van der Waals surface area contributed by atoms with Crippen molar-refractivity contribution in [2.75, 3.05) is 26.3 Å². The molecular weight excluding hydrogens is 331 g/mol. The number of benzene rings is 2. The molecule has 0 radical (unpaired) electrons. The van der Waals surface area contributed by atoms with Gasteiger partial charge in [-0.2, -0.15) is 8.42 Å². The van der Waals surface area contributed by atoms with Crippen LogP contribution in [0.3, 0.4) is 0 Å². The first-order valence-electron chi connectivity index (χ1n) is 7.55. The fraction of sp³-hybridized carbons (Fsp3) is 0.235. The number of amidine groups is 1. The van der Waals surface area contributed by atoms with Crippen LogP contribution in [0.25, 0.3) is 0 Å². The first-order valence-corrected chi connectivity index (χ1v) is 8.99. The van der Waals surface area contributed by atoms with Crippen molar-refractivity contribution >= 4 is 15.9 Å². The number of nitrogens with zero attached hydrogens (tertiary/aromatic N) is 2. The van der Waals surface area contributed by atoms with Crippen molar-refractivity contribution in [3.63, 3.8) is 0 Å². The number of rotatable bonds is 3. The van der Waals surface area contributed by atoms with Crippen molar-refractivity contribution in [2.24, 2.45) is 4.40 Å². The molecule has 0 aliphatic carbocycles. The van der Waals surface area contributed by atoms with Crippen LogP contribution in [0.5, 0.6) is 0 Å². The van der Waals surface area contributed by atoms with Gasteiger partial charge in [-0.05, 0) is 24.3 Å². The van der Waals surface area contributed by atoms with Crippen molar-refractivity contribution < 1.29 is 17.5 Å². The summed E-state index contributed by atoms with van der Waals surface area (Å²) < 4.78 is 47.6. The Labute approximate surface area is 140 Å². The molecule has 0 bridgehead atoms. The van der Waals surface area contributed by atoms with E-state index in [1.807, 2.05) is 35.2 Å². The highest BCUT2D eigenvalue weighted by Gasteiger charge is 2.21. The highest BCUT2D eigenvalue weighted by Crippen LogP contribution is 2.17. The standard InChI is InChI=1S/C17H17FN2O3S/c18-15-6-8-16(9-7-15)24(21,22)19-17(14-4-2-1-3-5-14)20-10-12-23-13-11-20/h1-9H,10-13H2/b19-17+. The van der Waals surface area contributed by atoms with Crippen molar-refractivity contribution in [3.05, 3.63) is 66.0 Å². The highest BCUT2D eigenvalue weighted by molar-refractivity contribution is 7.90. The van der Waals surface area contributed by atoms with Gasteiger partial charge in [-0.3, -0.25) is 0 Å². The van der Waals surface area contributed by atoms with Gasteiger partial charge in [0.15, 0.2) is 0 Å². The molecule has 3 rings (SSSR count). The van der Waals surface area contributed by atoms with E-state index in [9.17, 15) is 12.8 Å². The summed E-state index contributed by atoms with van der Waals surface area (Å²) in [6.07, 6.45) is 0. The van der Waals surface area contributed by atoms with Crippen LogP contribution in [0.4, 0.5) is 4.39 Å². The molecule has 24 heavy (non-hydrogen) atoms. The minimum absolute atomic E-state index is 0.0365. The Kier molecular flexibility index (Phi) is 4.92. The summed E-state index contributed by atoms with van der Waals surface area (Å²) in [4.78, 5) is 1.85. The van der Waals surface area contributed by atoms with Crippen LogP contribution in [0.2, 0.25) is 0 Å². The molecule has 7 heteroatoms. The SMILES string of the molecule is O=S(=O)(/N=C(\c1ccccc1)N1CCOCC1)c1ccc(F)cc1. The lowest BCUT2D eigenvalue weighted by atomic mass is 10.2. The Morgan fingerprint density at radius 3 is 2.25 bits per heavy atom. The van der Waals surface area contributed by atoms with Crippen molar-refractivity contribution in [3.8, 4) is 0 Å². The number of hydrogen-bond donors (Lipinski definition) is 0. The molecule has 0 atom stereocenters. The summed E-state index contributed by atoms with van der Waals surface area (Å²) in [6.45, 7) is 2.16. The van der Waals surface area contributed by atoms with Gasteiger partial charge in [0, 0.05) is 18.7 Å². The predicted molar refractivity (Wildman–Crippen MR) is 89.0 cm³/mol. The third-order valence-electron chi connectivity index (χ3n) is 3.66. The Bertz CT molecular complexity index is 815. The predicted octanol–water partition coefficient (Wildman–Crippen LogP) is 2.29. The Morgan fingerprint density at radius 1 is 1.00 bits per heavy atom. The van der Waals surface area contributed by atoms with Crippen molar-refractivity contribution in [1.82, 2.24) is 4.90 Å². The largest absolute Gasteiger partial charge is 0.378 e. The Hall–Kier alpha value is -2.25. The normalized spacial score (nSPS) is 16.2. The summed E-state index contributed by atoms with van der Waals surface area (Å²) >= 11 is 0. The maximum atomic E-state index is 13.0. The van der Waals surface area contributed by atoms with Gasteiger partial charge in [0.05, 0.1) is 18.1 Å². The second-order valence-corrected chi connectivity index (χ2v) is 6.91. The smallest absolute Gasteiger partial charge is 0.284 e. The van der Waals surface area contributed by atoms with Crippen molar-refractivity contribution in [1.29, 1.82) is 0 Å². The minimum Gasteiger partial charge on any atom is -0.378 e. The van der Waals surface area contributed by atoms with Gasteiger partial charge < -0.3 is 9.64 Å². The molecule has 1 aliphatic rings. The molecule has 0 saturated carbocycles. The van der Waals surface area contributed by atoms with E-state index in [-0.39, 0.29) is 4.90 Å². The van der Waals surface area contributed by atoms with Gasteiger partial charge >= 0.3 is 0 Å². The molecular formula is C17H17FN2O3S. The van der Waals surface area contributed by atoms with Gasteiger partial charge in [-0.1, -0.05) is 30.3 Å². The molecule has 0 amide bonds. The first kappa shape index (κ1) is 16.6. The lowest BCUT2D eigenvalue weighted by Crippen LogP contribution is -2.41. The number of morpholine rings is 1. The molecule has 5 nitrogen and oxygen atoms in total. The van der Waals surface area contributed by atoms with Crippen LogP contribution < -0.4 is 0 Å². The van der Waals surface area contributed by atoms with E-state index in [4.69, 9.17) is 4.74 Å². The van der Waals surface area contributed by atoms with E-state index >= 15 is 0 Å². The van der Waals surface area contributed by atoms with Crippen molar-refractivity contribution in [2.45, 2.75) is 4.90 Å². The third kappa shape index (κ3) is 3.80. The zero-order valence-corrected chi connectivity index (χ0v) is 13.7. The van der Waals surface area contributed by atoms with Gasteiger partial charge in [0.1, 0.15) is 11.7 Å². The Morgan fingerprint density at radius 2 is 1.62 bits per heavy atom. The molecule has 0 spiro atoms. The van der Waals surface area contributed by atoms with E-state index < -0.39 is 15.8 Å². The quantitative estimate of drug-likeness (QED) is 0.631. The molecule has 0 aromatic heterocycles. The average Bonchev–Trinajstić information content (AvgIpc) is 2.62. The third-order valence-corrected chi connectivity index (χ3v) is 4.94. The summed E-state index contributed by atoms with van der Waals surface area (Å²) in [5, 5.41) is 0. The van der Waals surface area contributed by atoms with Gasteiger partial charge in [0.25, 0.3) is 10.0 Å². The number of ether oxygens (including phenoxy) is 1. The number of hydrogen-bond acceptors (Lipinski definition) is 3. The van der Waals surface area contributed by atoms with Crippen LogP contribution in [-0.4, -0.2) is 45.5 Å². The van der Waals surface area contributed by atoms with E-state index in [0.29, 0.717) is 37.7 Å². The molecule has 0 N–H and O–H groups in total. The summed E-state index contributed by atoms with van der Waals surface area (Å²) in [5.41, 5.74) is 0.713. The maximum absolute atomic E-state index is 13.0. The zero-order valence-electron chi connectivity index (χ0n) is 12.9. The molecule has 1 aliphatic heterocycles. The highest BCUT2D eigenvalue weighted by atomic mass is 32.2. The monoisotopic (exact) mass is 348 g/mol. The summed E-state index contributed by atoms with van der Waals surface area (Å²) in [6, 6.07) is 13.8. The van der Waals surface area contributed by atoms with Crippen LogP contribution in [0.1, 0.15) is 5.56 Å². The van der Waals surface area contributed by atoms with Gasteiger partial charge in [-0.15, -0.1) is 4.40 Å². The first-order chi connectivity index (χ1) is 11.6. The van der Waals surface area contributed by atoms with Crippen LogP contribution in [0.15, 0.2) is 63.9 Å². The van der Waals surface area contributed by atoms with E-state index in [1.54, 1.807) is 0 Å². The van der Waals surface area contributed by atoms with E-state index in [2.05, 4.69) is 4.40 Å². The summed E-state index contributed by atoms with van der Waals surface area (Å²) in [5.74, 6) is -0.113. The maximum Gasteiger partial charge on any atom is 0.284 e. The molecule has 1 saturated heterocycles. The number of sulfonamides is 1. The summed E-state index contributed by atoms with van der Waals surface area (Å²) in [7, 11) is -3.93. The topological polar surface area (TPSA) is 59.0 Å². The molecule has 0 unspecified atom stereocenters. The zero-order chi connectivity index (χ0) is 17.0. The fourth-order valence-corrected chi connectivity index (χ4v) is 3.46. The molecule has 2 aromatic rings. The second-order valence-electron chi connectivity index (χ2n) is 5.31. The van der Waals surface area contributed by atoms with E-state index in [0.717, 1.165) is 12.1 Å². The minimum atomic E-state index is -3.93. The Balaban J connectivity index is 2.03. The second kappa shape index (κ2) is 7.11. The van der Waals surface area contributed by atoms with E-state index in [1.165, 1.54) is 12.1 Å². The average molecular weight is 348 g/mol. The van der Waals surface area contributed by atoms with Crippen LogP contribution >= 0.6 is 0 Å². The molecule has 126 valence electrons. The van der Waals surface area contributed by atoms with Gasteiger partial charge in [-0.25, -0.2) is 4.39 Å². The fourth-order valence-electron chi connectivity index (χ4n) is 2.43. The van der Waals surface area contributed by atoms with Crippen LogP contribution in [-0.2, 0) is 14.8 Å². The lowest BCUT2D eigenvalue weighted by molar-refractivity contribution is 0.0683. The number of halogens is 1. The van der Waals surface area contributed by atoms with Gasteiger partial charge in [0.2, 0.25) is 0 Å². The molecule has 1 heterocycles.